The highest BCUT2D eigenvalue weighted by Crippen LogP contribution is 2.44. The Labute approximate surface area is 238 Å². The van der Waals surface area contributed by atoms with Gasteiger partial charge in [0.15, 0.2) is 5.11 Å². The minimum absolute atomic E-state index is 0.242. The number of rotatable bonds is 5. The van der Waals surface area contributed by atoms with E-state index >= 15 is 0 Å². The molecule has 4 atom stereocenters. The summed E-state index contributed by atoms with van der Waals surface area (Å²) in [6.07, 6.45) is 3.01. The SMILES string of the molecule is C[C@@H]1C[C@H](C)CN(c2ccc(N3C(=S)N[C@@H](c4ccccn4)[C@@H]3c3ccc(-c4ccc(F)cc4)o3)cc2Cl)C1. The van der Waals surface area contributed by atoms with E-state index in [-0.39, 0.29) is 17.9 Å². The van der Waals surface area contributed by atoms with Crippen LogP contribution in [0.1, 0.15) is 43.8 Å². The van der Waals surface area contributed by atoms with Gasteiger partial charge in [-0.2, -0.15) is 0 Å². The number of pyridine rings is 1. The molecule has 4 aromatic rings. The van der Waals surface area contributed by atoms with Gasteiger partial charge < -0.3 is 19.5 Å². The van der Waals surface area contributed by atoms with Crippen molar-refractivity contribution in [2.45, 2.75) is 32.4 Å². The van der Waals surface area contributed by atoms with E-state index in [0.717, 1.165) is 41.5 Å². The summed E-state index contributed by atoms with van der Waals surface area (Å²) in [6.45, 7) is 6.59. The molecule has 2 aromatic carbocycles. The Kier molecular flexibility index (Phi) is 7.04. The van der Waals surface area contributed by atoms with Gasteiger partial charge in [-0.15, -0.1) is 0 Å². The van der Waals surface area contributed by atoms with Gasteiger partial charge >= 0.3 is 0 Å². The summed E-state index contributed by atoms with van der Waals surface area (Å²) in [5, 5.41) is 4.73. The normalized spacial score (nSPS) is 23.2. The summed E-state index contributed by atoms with van der Waals surface area (Å²) in [5.74, 6) is 2.33. The number of anilines is 2. The van der Waals surface area contributed by atoms with Crippen LogP contribution in [0, 0.1) is 17.7 Å². The summed E-state index contributed by atoms with van der Waals surface area (Å²) < 4.78 is 19.9. The van der Waals surface area contributed by atoms with Crippen molar-refractivity contribution >= 4 is 40.3 Å². The molecule has 5 nitrogen and oxygen atoms in total. The van der Waals surface area contributed by atoms with Crippen molar-refractivity contribution in [1.82, 2.24) is 10.3 Å². The zero-order valence-electron chi connectivity index (χ0n) is 21.9. The smallest absolute Gasteiger partial charge is 0.174 e. The van der Waals surface area contributed by atoms with Crippen molar-refractivity contribution in [3.63, 3.8) is 0 Å². The number of furan rings is 1. The van der Waals surface area contributed by atoms with E-state index < -0.39 is 0 Å². The van der Waals surface area contributed by atoms with Gasteiger partial charge in [0.1, 0.15) is 23.4 Å². The molecule has 2 saturated heterocycles. The second kappa shape index (κ2) is 10.6. The van der Waals surface area contributed by atoms with Crippen molar-refractivity contribution in [2.24, 2.45) is 11.8 Å². The molecule has 200 valence electrons. The molecular formula is C31H30ClFN4OS. The van der Waals surface area contributed by atoms with Gasteiger partial charge in [0.2, 0.25) is 0 Å². The molecule has 6 rings (SSSR count). The van der Waals surface area contributed by atoms with Gasteiger partial charge in [-0.25, -0.2) is 4.39 Å². The maximum absolute atomic E-state index is 13.5. The third-order valence-electron chi connectivity index (χ3n) is 7.56. The van der Waals surface area contributed by atoms with Crippen molar-refractivity contribution in [2.75, 3.05) is 22.9 Å². The first kappa shape index (κ1) is 25.8. The molecule has 0 saturated carbocycles. The van der Waals surface area contributed by atoms with E-state index in [0.29, 0.717) is 27.7 Å². The second-order valence-electron chi connectivity index (χ2n) is 10.7. The number of aromatic nitrogens is 1. The third-order valence-corrected chi connectivity index (χ3v) is 8.18. The molecule has 0 aliphatic carbocycles. The van der Waals surface area contributed by atoms with Gasteiger partial charge in [-0.3, -0.25) is 4.98 Å². The van der Waals surface area contributed by atoms with Gasteiger partial charge in [0, 0.05) is 30.5 Å². The molecule has 0 amide bonds. The van der Waals surface area contributed by atoms with Crippen LogP contribution >= 0.6 is 23.8 Å². The van der Waals surface area contributed by atoms with Crippen LogP contribution in [0.2, 0.25) is 5.02 Å². The number of benzene rings is 2. The Bertz CT molecular complexity index is 1470. The molecule has 39 heavy (non-hydrogen) atoms. The van der Waals surface area contributed by atoms with Crippen molar-refractivity contribution in [3.8, 4) is 11.3 Å². The number of hydrogen-bond donors (Lipinski definition) is 1. The van der Waals surface area contributed by atoms with Crippen molar-refractivity contribution < 1.29 is 8.81 Å². The first-order valence-corrected chi connectivity index (χ1v) is 14.1. The van der Waals surface area contributed by atoms with Gasteiger partial charge in [0.25, 0.3) is 0 Å². The summed E-state index contributed by atoms with van der Waals surface area (Å²) >= 11 is 12.8. The molecule has 2 aromatic heterocycles. The number of thiocarbonyl (C=S) groups is 1. The van der Waals surface area contributed by atoms with Crippen LogP contribution in [0.3, 0.4) is 0 Å². The molecule has 0 radical (unpaired) electrons. The molecule has 0 spiro atoms. The number of nitrogens with one attached hydrogen (secondary N) is 1. The predicted molar refractivity (Wildman–Crippen MR) is 159 cm³/mol. The van der Waals surface area contributed by atoms with E-state index in [1.165, 1.54) is 18.6 Å². The molecular weight excluding hydrogens is 531 g/mol. The van der Waals surface area contributed by atoms with E-state index in [4.69, 9.17) is 28.2 Å². The molecule has 8 heteroatoms. The number of nitrogens with zero attached hydrogens (tertiary/aromatic N) is 3. The fourth-order valence-electron chi connectivity index (χ4n) is 5.96. The maximum Gasteiger partial charge on any atom is 0.174 e. The first-order valence-electron chi connectivity index (χ1n) is 13.3. The Balaban J connectivity index is 1.38. The number of piperidine rings is 1. The average Bonchev–Trinajstić information content (AvgIpc) is 3.53. The lowest BCUT2D eigenvalue weighted by atomic mass is 9.91. The zero-order valence-corrected chi connectivity index (χ0v) is 23.4. The van der Waals surface area contributed by atoms with Crippen LogP contribution in [0.4, 0.5) is 15.8 Å². The standard InChI is InChI=1S/C31H30ClFN4OS/c1-19-15-20(2)18-36(17-19)26-11-10-23(16-24(26)32)37-30(29(35-31(37)39)25-5-3-4-14-34-25)28-13-12-27(38-28)21-6-8-22(33)9-7-21/h3-14,16,19-20,29-30H,15,17-18H2,1-2H3,(H,35,39)/t19-,20+,29-,30-/m0/s1. The van der Waals surface area contributed by atoms with E-state index in [1.54, 1.807) is 18.3 Å². The fraction of sp³-hybridized carbons (Fsp3) is 0.290. The lowest BCUT2D eigenvalue weighted by Gasteiger charge is -2.37. The highest BCUT2D eigenvalue weighted by atomic mass is 35.5. The lowest BCUT2D eigenvalue weighted by molar-refractivity contribution is 0.357. The molecule has 0 unspecified atom stereocenters. The molecule has 0 bridgehead atoms. The van der Waals surface area contributed by atoms with Crippen LogP contribution in [0.15, 0.2) is 83.4 Å². The summed E-state index contributed by atoms with van der Waals surface area (Å²) in [6, 6.07) is 21.6. The molecule has 2 aliphatic rings. The van der Waals surface area contributed by atoms with E-state index in [9.17, 15) is 4.39 Å². The maximum atomic E-state index is 13.5. The van der Waals surface area contributed by atoms with Crippen molar-refractivity contribution in [3.05, 3.63) is 101 Å². The molecule has 2 aliphatic heterocycles. The highest BCUT2D eigenvalue weighted by molar-refractivity contribution is 7.80. The Morgan fingerprint density at radius 2 is 1.77 bits per heavy atom. The number of hydrogen-bond acceptors (Lipinski definition) is 4. The average molecular weight is 561 g/mol. The Morgan fingerprint density at radius 1 is 1.00 bits per heavy atom. The Hall–Kier alpha value is -3.42. The van der Waals surface area contributed by atoms with Gasteiger partial charge in [0.05, 0.1) is 22.4 Å². The van der Waals surface area contributed by atoms with Crippen LogP contribution in [-0.2, 0) is 0 Å². The van der Waals surface area contributed by atoms with Crippen molar-refractivity contribution in [1.29, 1.82) is 0 Å². The zero-order chi connectivity index (χ0) is 27.1. The van der Waals surface area contributed by atoms with Gasteiger partial charge in [-0.05, 0) is 97.2 Å². The molecule has 1 N–H and O–H groups in total. The Morgan fingerprint density at radius 3 is 2.46 bits per heavy atom. The van der Waals surface area contributed by atoms with Crippen LogP contribution in [0.25, 0.3) is 11.3 Å². The topological polar surface area (TPSA) is 44.5 Å². The van der Waals surface area contributed by atoms with E-state index in [1.807, 2.05) is 36.4 Å². The first-order chi connectivity index (χ1) is 18.9. The highest BCUT2D eigenvalue weighted by Gasteiger charge is 2.43. The quantitative estimate of drug-likeness (QED) is 0.251. The monoisotopic (exact) mass is 560 g/mol. The van der Waals surface area contributed by atoms with E-state index in [2.05, 4.69) is 46.1 Å². The molecule has 4 heterocycles. The molecule has 2 fully saturated rings. The minimum Gasteiger partial charge on any atom is -0.459 e. The largest absolute Gasteiger partial charge is 0.459 e. The summed E-state index contributed by atoms with van der Waals surface area (Å²) in [4.78, 5) is 9.06. The second-order valence-corrected chi connectivity index (χ2v) is 11.5. The predicted octanol–water partition coefficient (Wildman–Crippen LogP) is 7.79. The lowest BCUT2D eigenvalue weighted by Crippen LogP contribution is -2.38. The number of halogens is 2. The third kappa shape index (κ3) is 5.13. The van der Waals surface area contributed by atoms with Crippen LogP contribution in [0.5, 0.6) is 0 Å². The van der Waals surface area contributed by atoms with Crippen LogP contribution in [-0.4, -0.2) is 23.2 Å². The fourth-order valence-corrected chi connectivity index (χ4v) is 6.60. The summed E-state index contributed by atoms with van der Waals surface area (Å²) in [7, 11) is 0. The summed E-state index contributed by atoms with van der Waals surface area (Å²) in [5.41, 5.74) is 3.58. The van der Waals surface area contributed by atoms with Gasteiger partial charge in [-0.1, -0.05) is 31.5 Å². The minimum atomic E-state index is -0.307. The van der Waals surface area contributed by atoms with Crippen LogP contribution < -0.4 is 15.1 Å².